The van der Waals surface area contributed by atoms with Crippen LogP contribution in [0, 0.1) is 19.8 Å². The molecule has 148 valence electrons. The molecule has 1 aliphatic carbocycles. The highest BCUT2D eigenvalue weighted by molar-refractivity contribution is 5.78. The van der Waals surface area contributed by atoms with Crippen molar-refractivity contribution in [1.82, 2.24) is 15.5 Å². The van der Waals surface area contributed by atoms with Crippen molar-refractivity contribution in [3.05, 3.63) is 29.3 Å². The van der Waals surface area contributed by atoms with E-state index in [1.54, 1.807) is 7.05 Å². The van der Waals surface area contributed by atoms with Crippen LogP contribution < -0.4 is 15.5 Å². The van der Waals surface area contributed by atoms with Gasteiger partial charge in [-0.25, -0.2) is 4.79 Å². The first kappa shape index (κ1) is 19.5. The number of aryl methyl sites for hydroxylation is 1. The molecule has 0 unspecified atom stereocenters. The largest absolute Gasteiger partial charge is 0.368 e. The Morgan fingerprint density at radius 3 is 2.30 bits per heavy atom. The summed E-state index contributed by atoms with van der Waals surface area (Å²) >= 11 is 0. The molecule has 6 heteroatoms. The minimum absolute atomic E-state index is 0.0407. The summed E-state index contributed by atoms with van der Waals surface area (Å²) in [6, 6.07) is 6.64. The van der Waals surface area contributed by atoms with Crippen molar-refractivity contribution < 1.29 is 9.59 Å². The molecular formula is C21H32N4O2. The zero-order valence-electron chi connectivity index (χ0n) is 16.8. The van der Waals surface area contributed by atoms with Crippen LogP contribution in [0.1, 0.15) is 36.8 Å². The van der Waals surface area contributed by atoms with Crippen LogP contribution in [0.4, 0.5) is 10.5 Å². The quantitative estimate of drug-likeness (QED) is 0.857. The topological polar surface area (TPSA) is 64.7 Å². The van der Waals surface area contributed by atoms with Crippen LogP contribution >= 0.6 is 0 Å². The van der Waals surface area contributed by atoms with Gasteiger partial charge in [0.2, 0.25) is 5.91 Å². The predicted octanol–water partition coefficient (Wildman–Crippen LogP) is 2.44. The highest BCUT2D eigenvalue weighted by atomic mass is 16.2. The molecule has 3 amide bonds. The first-order chi connectivity index (χ1) is 13.0. The van der Waals surface area contributed by atoms with E-state index in [1.807, 2.05) is 4.90 Å². The normalized spacial score (nSPS) is 23.1. The summed E-state index contributed by atoms with van der Waals surface area (Å²) in [7, 11) is 1.69. The van der Waals surface area contributed by atoms with Crippen molar-refractivity contribution in [2.75, 3.05) is 38.1 Å². The maximum atomic E-state index is 12.6. The van der Waals surface area contributed by atoms with Gasteiger partial charge < -0.3 is 20.4 Å². The highest BCUT2D eigenvalue weighted by Crippen LogP contribution is 2.26. The zero-order valence-corrected chi connectivity index (χ0v) is 16.8. The van der Waals surface area contributed by atoms with E-state index in [0.29, 0.717) is 0 Å². The zero-order chi connectivity index (χ0) is 19.4. The molecule has 2 fully saturated rings. The van der Waals surface area contributed by atoms with E-state index in [9.17, 15) is 9.59 Å². The Balaban J connectivity index is 1.46. The van der Waals surface area contributed by atoms with E-state index >= 15 is 0 Å². The Bertz CT molecular complexity index is 675. The lowest BCUT2D eigenvalue weighted by Gasteiger charge is -2.38. The van der Waals surface area contributed by atoms with Gasteiger partial charge in [0.1, 0.15) is 0 Å². The molecule has 0 aromatic heterocycles. The molecule has 1 saturated carbocycles. The molecule has 2 N–H and O–H groups in total. The second-order valence-electron chi connectivity index (χ2n) is 7.81. The number of urea groups is 1. The average molecular weight is 373 g/mol. The lowest BCUT2D eigenvalue weighted by Crippen LogP contribution is -2.54. The minimum atomic E-state index is 0.0407. The first-order valence-corrected chi connectivity index (χ1v) is 10.1. The summed E-state index contributed by atoms with van der Waals surface area (Å²) in [5, 5.41) is 5.91. The molecule has 2 aliphatic rings. The van der Waals surface area contributed by atoms with Crippen molar-refractivity contribution in [1.29, 1.82) is 0 Å². The average Bonchev–Trinajstić information content (AvgIpc) is 2.70. The molecule has 0 spiro atoms. The molecule has 0 bridgehead atoms. The van der Waals surface area contributed by atoms with Gasteiger partial charge in [0, 0.05) is 50.9 Å². The van der Waals surface area contributed by atoms with Gasteiger partial charge in [-0.05, 0) is 56.7 Å². The summed E-state index contributed by atoms with van der Waals surface area (Å²) in [6.07, 6.45) is 3.47. The molecule has 6 nitrogen and oxygen atoms in total. The van der Waals surface area contributed by atoms with Crippen molar-refractivity contribution >= 4 is 17.6 Å². The SMILES string of the molecule is CNC(=O)C1CCC(NC(=O)N2CCN(c3cccc(C)c3C)CC2)CC1. The van der Waals surface area contributed by atoms with Gasteiger partial charge in [0.25, 0.3) is 0 Å². The summed E-state index contributed by atoms with van der Waals surface area (Å²) in [6.45, 7) is 7.52. The number of benzene rings is 1. The Hall–Kier alpha value is -2.24. The Kier molecular flexibility index (Phi) is 6.24. The van der Waals surface area contributed by atoms with E-state index < -0.39 is 0 Å². The molecular weight excluding hydrogens is 340 g/mol. The number of hydrogen-bond donors (Lipinski definition) is 2. The standard InChI is InChI=1S/C21H32N4O2/c1-15-5-4-6-19(16(15)2)24-11-13-25(14-12-24)21(27)23-18-9-7-17(8-10-18)20(26)22-3/h4-6,17-18H,7-14H2,1-3H3,(H,22,26)(H,23,27). The van der Waals surface area contributed by atoms with E-state index in [-0.39, 0.29) is 23.9 Å². The molecule has 1 aromatic rings. The van der Waals surface area contributed by atoms with Crippen molar-refractivity contribution in [3.63, 3.8) is 0 Å². The number of rotatable bonds is 3. The van der Waals surface area contributed by atoms with Crippen LogP contribution in [0.5, 0.6) is 0 Å². The molecule has 3 rings (SSSR count). The van der Waals surface area contributed by atoms with Gasteiger partial charge in [0.05, 0.1) is 0 Å². The molecule has 27 heavy (non-hydrogen) atoms. The lowest BCUT2D eigenvalue weighted by molar-refractivity contribution is -0.125. The van der Waals surface area contributed by atoms with Crippen molar-refractivity contribution in [2.45, 2.75) is 45.6 Å². The van der Waals surface area contributed by atoms with E-state index in [1.165, 1.54) is 16.8 Å². The number of hydrogen-bond acceptors (Lipinski definition) is 3. The van der Waals surface area contributed by atoms with Gasteiger partial charge in [-0.2, -0.15) is 0 Å². The number of nitrogens with zero attached hydrogens (tertiary/aromatic N) is 2. The number of carbonyl (C=O) groups is 2. The minimum Gasteiger partial charge on any atom is -0.368 e. The molecule has 1 aromatic carbocycles. The number of piperazine rings is 1. The summed E-state index contributed by atoms with van der Waals surface area (Å²) in [5.74, 6) is 0.228. The van der Waals surface area contributed by atoms with E-state index in [4.69, 9.17) is 0 Å². The monoisotopic (exact) mass is 372 g/mol. The predicted molar refractivity (Wildman–Crippen MR) is 108 cm³/mol. The number of carbonyl (C=O) groups excluding carboxylic acids is 2. The fourth-order valence-electron chi connectivity index (χ4n) is 4.20. The second kappa shape index (κ2) is 8.63. The van der Waals surface area contributed by atoms with Gasteiger partial charge in [-0.1, -0.05) is 12.1 Å². The van der Waals surface area contributed by atoms with Crippen LogP contribution in [0.2, 0.25) is 0 Å². The van der Waals surface area contributed by atoms with Crippen molar-refractivity contribution in [3.8, 4) is 0 Å². The van der Waals surface area contributed by atoms with E-state index in [2.05, 4.69) is 47.6 Å². The van der Waals surface area contributed by atoms with Crippen LogP contribution in [0.25, 0.3) is 0 Å². The smallest absolute Gasteiger partial charge is 0.317 e. The third kappa shape index (κ3) is 4.54. The molecule has 0 radical (unpaired) electrons. The highest BCUT2D eigenvalue weighted by Gasteiger charge is 2.28. The number of nitrogens with one attached hydrogen (secondary N) is 2. The van der Waals surface area contributed by atoms with Crippen LogP contribution in [-0.2, 0) is 4.79 Å². The molecule has 1 saturated heterocycles. The second-order valence-corrected chi connectivity index (χ2v) is 7.81. The number of anilines is 1. The van der Waals surface area contributed by atoms with Gasteiger partial charge in [-0.3, -0.25) is 4.79 Å². The fourth-order valence-corrected chi connectivity index (χ4v) is 4.20. The maximum absolute atomic E-state index is 12.6. The maximum Gasteiger partial charge on any atom is 0.317 e. The van der Waals surface area contributed by atoms with Gasteiger partial charge in [-0.15, -0.1) is 0 Å². The Morgan fingerprint density at radius 2 is 1.67 bits per heavy atom. The van der Waals surface area contributed by atoms with Crippen LogP contribution in [0.3, 0.4) is 0 Å². The summed E-state index contributed by atoms with van der Waals surface area (Å²) < 4.78 is 0. The summed E-state index contributed by atoms with van der Waals surface area (Å²) in [5.41, 5.74) is 3.91. The van der Waals surface area contributed by atoms with Gasteiger partial charge in [0.15, 0.2) is 0 Å². The summed E-state index contributed by atoms with van der Waals surface area (Å²) in [4.78, 5) is 28.6. The van der Waals surface area contributed by atoms with Crippen molar-refractivity contribution in [2.24, 2.45) is 5.92 Å². The third-order valence-corrected chi connectivity index (χ3v) is 6.16. The van der Waals surface area contributed by atoms with E-state index in [0.717, 1.165) is 51.9 Å². The van der Waals surface area contributed by atoms with Gasteiger partial charge >= 0.3 is 6.03 Å². The van der Waals surface area contributed by atoms with Crippen LogP contribution in [-0.4, -0.2) is 56.1 Å². The molecule has 0 atom stereocenters. The Morgan fingerprint density at radius 1 is 1.00 bits per heavy atom. The van der Waals surface area contributed by atoms with Crippen LogP contribution in [0.15, 0.2) is 18.2 Å². The third-order valence-electron chi connectivity index (χ3n) is 6.16. The molecule has 1 heterocycles. The lowest BCUT2D eigenvalue weighted by atomic mass is 9.85. The number of amides is 3. The Labute approximate surface area is 162 Å². The molecule has 1 aliphatic heterocycles. The fraction of sp³-hybridized carbons (Fsp3) is 0.619. The first-order valence-electron chi connectivity index (χ1n) is 10.1.